The van der Waals surface area contributed by atoms with Gasteiger partial charge in [-0.15, -0.1) is 5.10 Å². The lowest BCUT2D eigenvalue weighted by Gasteiger charge is -2.11. The van der Waals surface area contributed by atoms with Crippen LogP contribution in [0.3, 0.4) is 0 Å². The summed E-state index contributed by atoms with van der Waals surface area (Å²) in [5.74, 6) is 0. The molecular weight excluding hydrogens is 256 g/mol. The number of fused-ring (bicyclic) bond motifs is 1. The topological polar surface area (TPSA) is 59.3 Å². The highest BCUT2D eigenvalue weighted by Crippen LogP contribution is 2.47. The summed E-state index contributed by atoms with van der Waals surface area (Å²) in [4.78, 5) is 16.2. The number of rotatable bonds is 4. The van der Waals surface area contributed by atoms with E-state index in [9.17, 15) is 4.79 Å². The maximum Gasteiger partial charge on any atom is 0.275 e. The largest absolute Gasteiger partial charge is 0.359 e. The Morgan fingerprint density at radius 2 is 2.47 bits per heavy atom. The van der Waals surface area contributed by atoms with Crippen LogP contribution in [0.5, 0.6) is 0 Å². The van der Waals surface area contributed by atoms with Crippen molar-refractivity contribution < 1.29 is 0 Å². The molecule has 1 saturated carbocycles. The molecule has 1 aliphatic rings. The van der Waals surface area contributed by atoms with Gasteiger partial charge < -0.3 is 5.32 Å². The van der Waals surface area contributed by atoms with E-state index in [1.54, 1.807) is 0 Å². The molecule has 17 heavy (non-hydrogen) atoms. The molecule has 2 aromatic rings. The minimum absolute atomic E-state index is 0.134. The van der Waals surface area contributed by atoms with Crippen LogP contribution in [0, 0.1) is 0 Å². The Kier molecular flexibility index (Phi) is 2.59. The van der Waals surface area contributed by atoms with Crippen LogP contribution in [-0.4, -0.2) is 32.1 Å². The molecule has 5 nitrogen and oxygen atoms in total. The molecule has 1 N–H and O–H groups in total. The lowest BCUT2D eigenvalue weighted by atomic mass is 10.4. The summed E-state index contributed by atoms with van der Waals surface area (Å²) in [6.45, 7) is 0.905. The van der Waals surface area contributed by atoms with Gasteiger partial charge in [0.15, 0.2) is 0 Å². The zero-order chi connectivity index (χ0) is 11.9. The predicted molar refractivity (Wildman–Crippen MR) is 71.1 cm³/mol. The van der Waals surface area contributed by atoms with Crippen molar-refractivity contribution in [3.05, 3.63) is 22.6 Å². The molecule has 7 heteroatoms. The van der Waals surface area contributed by atoms with Gasteiger partial charge in [-0.2, -0.15) is 16.3 Å². The summed E-state index contributed by atoms with van der Waals surface area (Å²) in [7, 11) is 0. The molecular formula is C10H12N4OS2. The van der Waals surface area contributed by atoms with Gasteiger partial charge in [-0.1, -0.05) is 11.3 Å². The zero-order valence-electron chi connectivity index (χ0n) is 9.34. The molecule has 0 amide bonds. The van der Waals surface area contributed by atoms with Crippen molar-refractivity contribution in [1.29, 1.82) is 0 Å². The molecule has 0 saturated heterocycles. The smallest absolute Gasteiger partial charge is 0.275 e. The fourth-order valence-corrected chi connectivity index (χ4v) is 3.14. The molecule has 0 atom stereocenters. The van der Waals surface area contributed by atoms with Gasteiger partial charge in [0, 0.05) is 23.6 Å². The van der Waals surface area contributed by atoms with Crippen LogP contribution in [0.4, 0.5) is 5.13 Å². The molecule has 0 radical (unpaired) electrons. The van der Waals surface area contributed by atoms with Gasteiger partial charge in [0.25, 0.3) is 5.56 Å². The van der Waals surface area contributed by atoms with Crippen LogP contribution < -0.4 is 10.9 Å². The standard InChI is InChI=1S/C10H12N4OS2/c1-16-10(3-4-10)6-12-8-13-14-7(15)2-5-11-9(14)17-8/h2,5H,3-4,6H2,1H3,(H,12,13). The Labute approximate surface area is 106 Å². The van der Waals surface area contributed by atoms with Crippen LogP contribution in [0.25, 0.3) is 4.96 Å². The van der Waals surface area contributed by atoms with Gasteiger partial charge in [-0.25, -0.2) is 4.98 Å². The minimum atomic E-state index is -0.134. The van der Waals surface area contributed by atoms with Gasteiger partial charge in [-0.05, 0) is 19.1 Å². The van der Waals surface area contributed by atoms with Crippen LogP contribution in [0.15, 0.2) is 17.1 Å². The minimum Gasteiger partial charge on any atom is -0.359 e. The van der Waals surface area contributed by atoms with Crippen molar-refractivity contribution in [2.45, 2.75) is 17.6 Å². The van der Waals surface area contributed by atoms with Gasteiger partial charge in [0.2, 0.25) is 10.1 Å². The Bertz CT molecular complexity index is 602. The number of anilines is 1. The third kappa shape index (κ3) is 2.04. The van der Waals surface area contributed by atoms with Crippen molar-refractivity contribution in [3.63, 3.8) is 0 Å². The number of nitrogens with zero attached hydrogens (tertiary/aromatic N) is 3. The molecule has 0 bridgehead atoms. The monoisotopic (exact) mass is 268 g/mol. The summed E-state index contributed by atoms with van der Waals surface area (Å²) in [5, 5.41) is 8.28. The first-order chi connectivity index (χ1) is 8.22. The molecule has 1 aliphatic carbocycles. The Morgan fingerprint density at radius 3 is 3.12 bits per heavy atom. The molecule has 0 aliphatic heterocycles. The van der Waals surface area contributed by atoms with Crippen molar-refractivity contribution in [2.24, 2.45) is 0 Å². The second-order valence-corrected chi connectivity index (χ2v) is 6.36. The fourth-order valence-electron chi connectivity index (χ4n) is 1.64. The Balaban J connectivity index is 1.82. The first kappa shape index (κ1) is 11.0. The van der Waals surface area contributed by atoms with Crippen LogP contribution in [-0.2, 0) is 0 Å². The van der Waals surface area contributed by atoms with Crippen LogP contribution in [0.2, 0.25) is 0 Å². The SMILES string of the molecule is CSC1(CNc2nn3c(=O)ccnc3s2)CC1. The van der Waals surface area contributed by atoms with Gasteiger partial charge in [0.05, 0.1) is 0 Å². The van der Waals surface area contributed by atoms with E-state index in [0.717, 1.165) is 11.7 Å². The number of aromatic nitrogens is 3. The number of nitrogens with one attached hydrogen (secondary N) is 1. The molecule has 2 heterocycles. The highest BCUT2D eigenvalue weighted by molar-refractivity contribution is 8.00. The first-order valence-corrected chi connectivity index (χ1v) is 7.40. The van der Waals surface area contributed by atoms with Crippen molar-refractivity contribution in [1.82, 2.24) is 14.6 Å². The molecule has 3 rings (SSSR count). The predicted octanol–water partition coefficient (Wildman–Crippen LogP) is 1.46. The van der Waals surface area contributed by atoms with E-state index >= 15 is 0 Å². The maximum absolute atomic E-state index is 11.5. The van der Waals surface area contributed by atoms with E-state index in [1.165, 1.54) is 41.0 Å². The van der Waals surface area contributed by atoms with Gasteiger partial charge in [0.1, 0.15) is 0 Å². The van der Waals surface area contributed by atoms with Crippen LogP contribution in [0.1, 0.15) is 12.8 Å². The van der Waals surface area contributed by atoms with Crippen LogP contribution >= 0.6 is 23.1 Å². The lowest BCUT2D eigenvalue weighted by Crippen LogP contribution is -2.18. The summed E-state index contributed by atoms with van der Waals surface area (Å²) in [6, 6.07) is 1.42. The third-order valence-electron chi connectivity index (χ3n) is 2.97. The van der Waals surface area contributed by atoms with E-state index in [2.05, 4.69) is 21.7 Å². The highest BCUT2D eigenvalue weighted by atomic mass is 32.2. The van der Waals surface area contributed by atoms with Crippen molar-refractivity contribution >= 4 is 33.2 Å². The van der Waals surface area contributed by atoms with E-state index < -0.39 is 0 Å². The third-order valence-corrected chi connectivity index (χ3v) is 5.27. The number of hydrogen-bond donors (Lipinski definition) is 1. The maximum atomic E-state index is 11.5. The number of thioether (sulfide) groups is 1. The van der Waals surface area contributed by atoms with Gasteiger partial charge >= 0.3 is 0 Å². The Hall–Kier alpha value is -1.08. The first-order valence-electron chi connectivity index (χ1n) is 5.36. The summed E-state index contributed by atoms with van der Waals surface area (Å²) in [5.41, 5.74) is -0.134. The molecule has 0 unspecified atom stereocenters. The van der Waals surface area contributed by atoms with E-state index in [4.69, 9.17) is 0 Å². The molecule has 2 aromatic heterocycles. The normalized spacial score (nSPS) is 17.2. The van der Waals surface area contributed by atoms with E-state index in [0.29, 0.717) is 9.71 Å². The average molecular weight is 268 g/mol. The highest BCUT2D eigenvalue weighted by Gasteiger charge is 2.41. The van der Waals surface area contributed by atoms with E-state index in [-0.39, 0.29) is 5.56 Å². The van der Waals surface area contributed by atoms with Crippen molar-refractivity contribution in [3.8, 4) is 0 Å². The second kappa shape index (κ2) is 3.99. The van der Waals surface area contributed by atoms with Gasteiger partial charge in [-0.3, -0.25) is 4.79 Å². The molecule has 90 valence electrons. The number of hydrogen-bond acceptors (Lipinski definition) is 6. The summed E-state index contributed by atoms with van der Waals surface area (Å²) in [6.07, 6.45) is 6.16. The Morgan fingerprint density at radius 1 is 1.65 bits per heavy atom. The summed E-state index contributed by atoms with van der Waals surface area (Å²) >= 11 is 3.31. The lowest BCUT2D eigenvalue weighted by molar-refractivity contribution is 0.882. The van der Waals surface area contributed by atoms with E-state index in [1.807, 2.05) is 11.8 Å². The van der Waals surface area contributed by atoms with Crippen molar-refractivity contribution in [2.75, 3.05) is 18.1 Å². The summed E-state index contributed by atoms with van der Waals surface area (Å²) < 4.78 is 1.72. The second-order valence-electron chi connectivity index (χ2n) is 4.13. The fraction of sp³-hybridized carbons (Fsp3) is 0.500. The quantitative estimate of drug-likeness (QED) is 0.909. The molecule has 0 spiro atoms. The molecule has 0 aromatic carbocycles. The zero-order valence-corrected chi connectivity index (χ0v) is 11.0. The average Bonchev–Trinajstić information content (AvgIpc) is 3.00. The molecule has 1 fully saturated rings.